The first-order valence-corrected chi connectivity index (χ1v) is 6.83. The molecule has 1 amide bonds. The van der Waals surface area contributed by atoms with Crippen molar-refractivity contribution in [2.75, 3.05) is 25.1 Å². The number of carbonyl (C=O) groups excluding carboxylic acids is 1. The molecular formula is C15H22N2O2. The van der Waals surface area contributed by atoms with Gasteiger partial charge in [0.1, 0.15) is 5.75 Å². The van der Waals surface area contributed by atoms with Gasteiger partial charge in [0.2, 0.25) is 5.91 Å². The number of rotatable bonds is 4. The SMILES string of the molecule is CC(C)NCCc1ccc2c(c1)N(C)C(=O)CCO2. The molecule has 104 valence electrons. The number of nitrogens with one attached hydrogen (secondary N) is 1. The van der Waals surface area contributed by atoms with Gasteiger partial charge in [0.05, 0.1) is 18.7 Å². The van der Waals surface area contributed by atoms with E-state index in [1.54, 1.807) is 4.90 Å². The van der Waals surface area contributed by atoms with Crippen LogP contribution in [0.15, 0.2) is 18.2 Å². The molecule has 2 rings (SSSR count). The maximum absolute atomic E-state index is 11.8. The number of nitrogens with zero attached hydrogens (tertiary/aromatic N) is 1. The second-order valence-electron chi connectivity index (χ2n) is 5.21. The molecule has 1 aromatic carbocycles. The maximum Gasteiger partial charge on any atom is 0.230 e. The van der Waals surface area contributed by atoms with Crippen molar-refractivity contribution < 1.29 is 9.53 Å². The molecule has 4 nitrogen and oxygen atoms in total. The highest BCUT2D eigenvalue weighted by molar-refractivity contribution is 5.95. The summed E-state index contributed by atoms with van der Waals surface area (Å²) in [5.74, 6) is 0.908. The van der Waals surface area contributed by atoms with Crippen molar-refractivity contribution in [3.8, 4) is 5.75 Å². The van der Waals surface area contributed by atoms with E-state index in [0.29, 0.717) is 19.1 Å². The fraction of sp³-hybridized carbons (Fsp3) is 0.533. The third kappa shape index (κ3) is 3.47. The Morgan fingerprint density at radius 1 is 1.42 bits per heavy atom. The molecule has 0 aromatic heterocycles. The summed E-state index contributed by atoms with van der Waals surface area (Å²) >= 11 is 0. The van der Waals surface area contributed by atoms with Crippen LogP contribution in [-0.2, 0) is 11.2 Å². The standard InChI is InChI=1S/C15H22N2O2/c1-11(2)16-8-6-12-4-5-14-13(10-12)17(3)15(18)7-9-19-14/h4-5,10-11,16H,6-9H2,1-3H3. The summed E-state index contributed by atoms with van der Waals surface area (Å²) in [6.45, 7) is 5.67. The number of benzene rings is 1. The molecule has 1 heterocycles. The number of ether oxygens (including phenoxy) is 1. The summed E-state index contributed by atoms with van der Waals surface area (Å²) in [5.41, 5.74) is 2.10. The summed E-state index contributed by atoms with van der Waals surface area (Å²) in [4.78, 5) is 13.5. The van der Waals surface area contributed by atoms with Crippen molar-refractivity contribution in [2.24, 2.45) is 0 Å². The smallest absolute Gasteiger partial charge is 0.230 e. The fourth-order valence-corrected chi connectivity index (χ4v) is 2.16. The van der Waals surface area contributed by atoms with E-state index in [9.17, 15) is 4.79 Å². The summed E-state index contributed by atoms with van der Waals surface area (Å²) in [6.07, 6.45) is 1.39. The molecule has 19 heavy (non-hydrogen) atoms. The van der Waals surface area contributed by atoms with Crippen LogP contribution in [0.2, 0.25) is 0 Å². The van der Waals surface area contributed by atoms with E-state index in [-0.39, 0.29) is 5.91 Å². The van der Waals surface area contributed by atoms with Crippen LogP contribution in [0.4, 0.5) is 5.69 Å². The van der Waals surface area contributed by atoms with Gasteiger partial charge in [-0.05, 0) is 30.7 Å². The van der Waals surface area contributed by atoms with E-state index < -0.39 is 0 Å². The van der Waals surface area contributed by atoms with Crippen molar-refractivity contribution in [3.05, 3.63) is 23.8 Å². The molecule has 1 aromatic rings. The molecule has 0 bridgehead atoms. The van der Waals surface area contributed by atoms with Gasteiger partial charge in [-0.2, -0.15) is 0 Å². The van der Waals surface area contributed by atoms with Crippen LogP contribution < -0.4 is 15.0 Å². The monoisotopic (exact) mass is 262 g/mol. The van der Waals surface area contributed by atoms with Crippen LogP contribution in [0.3, 0.4) is 0 Å². The van der Waals surface area contributed by atoms with Gasteiger partial charge in [0, 0.05) is 13.1 Å². The van der Waals surface area contributed by atoms with Crippen molar-refractivity contribution in [2.45, 2.75) is 32.7 Å². The first kappa shape index (κ1) is 13.9. The Hall–Kier alpha value is -1.55. The van der Waals surface area contributed by atoms with Gasteiger partial charge in [-0.1, -0.05) is 19.9 Å². The van der Waals surface area contributed by atoms with Gasteiger partial charge < -0.3 is 15.0 Å². The van der Waals surface area contributed by atoms with E-state index in [1.807, 2.05) is 13.1 Å². The lowest BCUT2D eigenvalue weighted by atomic mass is 10.1. The predicted octanol–water partition coefficient (Wildman–Crippen LogP) is 1.97. The van der Waals surface area contributed by atoms with E-state index in [2.05, 4.69) is 31.3 Å². The molecule has 0 unspecified atom stereocenters. The number of anilines is 1. The highest BCUT2D eigenvalue weighted by Gasteiger charge is 2.19. The average molecular weight is 262 g/mol. The van der Waals surface area contributed by atoms with E-state index in [0.717, 1.165) is 24.4 Å². The van der Waals surface area contributed by atoms with Crippen LogP contribution in [0.25, 0.3) is 0 Å². The second kappa shape index (κ2) is 6.06. The van der Waals surface area contributed by atoms with Crippen molar-refractivity contribution in [1.82, 2.24) is 5.32 Å². The van der Waals surface area contributed by atoms with E-state index in [4.69, 9.17) is 4.74 Å². The van der Waals surface area contributed by atoms with Crippen LogP contribution in [0.1, 0.15) is 25.8 Å². The molecule has 0 saturated carbocycles. The Labute approximate surface area is 114 Å². The normalized spacial score (nSPS) is 15.2. The third-order valence-corrected chi connectivity index (χ3v) is 3.30. The molecule has 1 aliphatic heterocycles. The third-order valence-electron chi connectivity index (χ3n) is 3.30. The number of hydrogen-bond acceptors (Lipinski definition) is 3. The zero-order valence-electron chi connectivity index (χ0n) is 11.9. The molecule has 0 spiro atoms. The lowest BCUT2D eigenvalue weighted by Crippen LogP contribution is -2.26. The number of amides is 1. The summed E-state index contributed by atoms with van der Waals surface area (Å²) in [7, 11) is 1.81. The van der Waals surface area contributed by atoms with Gasteiger partial charge >= 0.3 is 0 Å². The van der Waals surface area contributed by atoms with Gasteiger partial charge in [0.15, 0.2) is 0 Å². The van der Waals surface area contributed by atoms with Crippen LogP contribution in [-0.4, -0.2) is 32.1 Å². The second-order valence-corrected chi connectivity index (χ2v) is 5.21. The van der Waals surface area contributed by atoms with Gasteiger partial charge in [-0.15, -0.1) is 0 Å². The number of fused-ring (bicyclic) bond motifs is 1. The minimum Gasteiger partial charge on any atom is -0.491 e. The van der Waals surface area contributed by atoms with Crippen molar-refractivity contribution >= 4 is 11.6 Å². The van der Waals surface area contributed by atoms with Crippen molar-refractivity contribution in [3.63, 3.8) is 0 Å². The van der Waals surface area contributed by atoms with Crippen LogP contribution in [0, 0.1) is 0 Å². The fourth-order valence-electron chi connectivity index (χ4n) is 2.16. The number of hydrogen-bond donors (Lipinski definition) is 1. The quantitative estimate of drug-likeness (QED) is 0.902. The maximum atomic E-state index is 11.8. The van der Waals surface area contributed by atoms with Gasteiger partial charge in [0.25, 0.3) is 0 Å². The van der Waals surface area contributed by atoms with Gasteiger partial charge in [-0.25, -0.2) is 0 Å². The minimum absolute atomic E-state index is 0.108. The Morgan fingerprint density at radius 2 is 2.21 bits per heavy atom. The van der Waals surface area contributed by atoms with E-state index in [1.165, 1.54) is 5.56 Å². The lowest BCUT2D eigenvalue weighted by molar-refractivity contribution is -0.118. The zero-order valence-corrected chi connectivity index (χ0v) is 11.9. The molecule has 0 saturated heterocycles. The predicted molar refractivity (Wildman–Crippen MR) is 76.8 cm³/mol. The van der Waals surface area contributed by atoms with E-state index >= 15 is 0 Å². The molecule has 1 aliphatic rings. The molecule has 0 aliphatic carbocycles. The molecule has 0 radical (unpaired) electrons. The Bertz CT molecular complexity index is 457. The Morgan fingerprint density at radius 3 is 2.95 bits per heavy atom. The first-order chi connectivity index (χ1) is 9.08. The van der Waals surface area contributed by atoms with Crippen LogP contribution >= 0.6 is 0 Å². The minimum atomic E-state index is 0.108. The highest BCUT2D eigenvalue weighted by atomic mass is 16.5. The molecule has 0 atom stereocenters. The topological polar surface area (TPSA) is 41.6 Å². The van der Waals surface area contributed by atoms with Crippen molar-refractivity contribution in [1.29, 1.82) is 0 Å². The molecular weight excluding hydrogens is 240 g/mol. The number of carbonyl (C=O) groups is 1. The summed E-state index contributed by atoms with van der Waals surface area (Å²) in [6, 6.07) is 6.59. The summed E-state index contributed by atoms with van der Waals surface area (Å²) < 4.78 is 5.61. The Balaban J connectivity index is 2.12. The first-order valence-electron chi connectivity index (χ1n) is 6.83. The molecule has 1 N–H and O–H groups in total. The van der Waals surface area contributed by atoms with Crippen LogP contribution in [0.5, 0.6) is 5.75 Å². The largest absolute Gasteiger partial charge is 0.491 e. The molecule has 4 heteroatoms. The molecule has 0 fully saturated rings. The Kier molecular flexibility index (Phi) is 4.43. The highest BCUT2D eigenvalue weighted by Crippen LogP contribution is 2.31. The van der Waals surface area contributed by atoms with Gasteiger partial charge in [-0.3, -0.25) is 4.79 Å². The summed E-state index contributed by atoms with van der Waals surface area (Å²) in [5, 5.41) is 3.39. The zero-order chi connectivity index (χ0) is 13.8. The lowest BCUT2D eigenvalue weighted by Gasteiger charge is -2.17. The average Bonchev–Trinajstić information content (AvgIpc) is 2.50.